The van der Waals surface area contributed by atoms with Gasteiger partial charge in [-0.25, -0.2) is 0 Å². The minimum atomic E-state index is -0.373. The van der Waals surface area contributed by atoms with Crippen molar-refractivity contribution in [3.63, 3.8) is 0 Å². The number of thiocarbonyl (C=S) groups is 1. The van der Waals surface area contributed by atoms with Crippen molar-refractivity contribution in [1.29, 1.82) is 5.26 Å². The maximum absolute atomic E-state index is 12.2. The zero-order valence-corrected chi connectivity index (χ0v) is 11.3. The molecule has 0 aliphatic heterocycles. The molecule has 0 unspecified atom stereocenters. The van der Waals surface area contributed by atoms with E-state index in [9.17, 15) is 4.79 Å². The Hall–Kier alpha value is -2.71. The minimum Gasteiger partial charge on any atom is -0.376 e. The predicted octanol–water partition coefficient (Wildman–Crippen LogP) is 2.26. The van der Waals surface area contributed by atoms with Gasteiger partial charge in [0, 0.05) is 11.8 Å². The van der Waals surface area contributed by atoms with Crippen LogP contribution in [0, 0.1) is 11.3 Å². The molecule has 0 radical (unpaired) electrons. The van der Waals surface area contributed by atoms with Gasteiger partial charge >= 0.3 is 0 Å². The van der Waals surface area contributed by atoms with E-state index in [-0.39, 0.29) is 16.5 Å². The topological polar surface area (TPSA) is 78.9 Å². The molecule has 0 fully saturated rings. The second-order valence-corrected chi connectivity index (χ2v) is 4.51. The number of nitriles is 1. The first kappa shape index (κ1) is 13.7. The minimum absolute atomic E-state index is 0.00376. The lowest BCUT2D eigenvalue weighted by Crippen LogP contribution is -2.25. The number of nitrogens with two attached hydrogens (primary N) is 1. The van der Waals surface area contributed by atoms with E-state index in [2.05, 4.69) is 17.5 Å². The molecule has 0 spiro atoms. The van der Waals surface area contributed by atoms with Gasteiger partial charge in [-0.15, -0.1) is 0 Å². The fraction of sp³-hybridized carbons (Fsp3) is 0. The lowest BCUT2D eigenvalue weighted by molar-refractivity contribution is 0.103. The monoisotopic (exact) mass is 281 g/mol. The summed E-state index contributed by atoms with van der Waals surface area (Å²) in [5, 5.41) is 13.5. The number of carbonyl (C=O) groups excluding carboxylic acids is 1. The highest BCUT2D eigenvalue weighted by atomic mass is 32.1. The Bertz CT molecular complexity index is 759. The quantitative estimate of drug-likeness (QED) is 0.390. The fourth-order valence-corrected chi connectivity index (χ4v) is 1.84. The summed E-state index contributed by atoms with van der Waals surface area (Å²) in [6.45, 7) is 0. The summed E-state index contributed by atoms with van der Waals surface area (Å²) in [7, 11) is 0. The molecule has 0 aromatic heterocycles. The van der Waals surface area contributed by atoms with E-state index in [1.165, 1.54) is 6.20 Å². The van der Waals surface area contributed by atoms with Crippen molar-refractivity contribution in [3.05, 3.63) is 59.8 Å². The Balaban J connectivity index is 2.37. The van der Waals surface area contributed by atoms with Crippen LogP contribution in [0.4, 0.5) is 0 Å². The number of nitrogens with one attached hydrogen (secondary N) is 1. The molecule has 4 nitrogen and oxygen atoms in total. The van der Waals surface area contributed by atoms with Gasteiger partial charge in [-0.2, -0.15) is 5.26 Å². The Morgan fingerprint density at radius 1 is 1.25 bits per heavy atom. The number of rotatable bonds is 3. The van der Waals surface area contributed by atoms with Crippen molar-refractivity contribution in [2.24, 2.45) is 5.73 Å². The first-order chi connectivity index (χ1) is 9.61. The molecule has 0 atom stereocenters. The molecule has 98 valence electrons. The van der Waals surface area contributed by atoms with Crippen LogP contribution in [0.15, 0.2) is 54.2 Å². The molecule has 0 saturated heterocycles. The van der Waals surface area contributed by atoms with Gasteiger partial charge in [0.05, 0.1) is 0 Å². The lowest BCUT2D eigenvalue weighted by Gasteiger charge is -2.03. The second-order valence-electron chi connectivity index (χ2n) is 4.07. The largest absolute Gasteiger partial charge is 0.376 e. The maximum Gasteiger partial charge on any atom is 0.205 e. The zero-order chi connectivity index (χ0) is 14.5. The van der Waals surface area contributed by atoms with Gasteiger partial charge in [0.25, 0.3) is 0 Å². The number of ketones is 1. The van der Waals surface area contributed by atoms with Crippen LogP contribution in [0.5, 0.6) is 0 Å². The Labute approximate surface area is 121 Å². The Morgan fingerprint density at radius 3 is 2.60 bits per heavy atom. The highest BCUT2D eigenvalue weighted by Gasteiger charge is 2.12. The molecule has 2 rings (SSSR count). The molecule has 0 amide bonds. The van der Waals surface area contributed by atoms with Crippen molar-refractivity contribution in [1.82, 2.24) is 5.32 Å². The molecule has 0 heterocycles. The average molecular weight is 281 g/mol. The third kappa shape index (κ3) is 2.99. The van der Waals surface area contributed by atoms with Crippen LogP contribution in [0.25, 0.3) is 10.8 Å². The third-order valence-electron chi connectivity index (χ3n) is 2.74. The summed E-state index contributed by atoms with van der Waals surface area (Å²) in [4.78, 5) is 12.2. The highest BCUT2D eigenvalue weighted by molar-refractivity contribution is 7.80. The fourth-order valence-electron chi connectivity index (χ4n) is 1.78. The standard InChI is InChI=1S/C15H11N3OS/c16-8-13(9-18-15(17)20)14(19)12-6-5-10-3-1-2-4-11(10)7-12/h1-7,9H,(H3,17,18,20)/b13-9+. The van der Waals surface area contributed by atoms with E-state index < -0.39 is 0 Å². The summed E-state index contributed by atoms with van der Waals surface area (Å²) < 4.78 is 0. The van der Waals surface area contributed by atoms with E-state index in [1.54, 1.807) is 12.1 Å². The van der Waals surface area contributed by atoms with Gasteiger partial charge in [-0.1, -0.05) is 36.4 Å². The van der Waals surface area contributed by atoms with Gasteiger partial charge in [-0.05, 0) is 29.1 Å². The van der Waals surface area contributed by atoms with Crippen LogP contribution >= 0.6 is 12.2 Å². The van der Waals surface area contributed by atoms with E-state index >= 15 is 0 Å². The molecule has 0 bridgehead atoms. The van der Waals surface area contributed by atoms with Gasteiger partial charge in [0.1, 0.15) is 11.6 Å². The number of carbonyl (C=O) groups is 1. The highest BCUT2D eigenvalue weighted by Crippen LogP contribution is 2.17. The molecular formula is C15H11N3OS. The number of fused-ring (bicyclic) bond motifs is 1. The average Bonchev–Trinajstić information content (AvgIpc) is 2.47. The maximum atomic E-state index is 12.2. The summed E-state index contributed by atoms with van der Waals surface area (Å²) in [5.74, 6) is -0.373. The molecule has 5 heteroatoms. The van der Waals surface area contributed by atoms with E-state index in [1.807, 2.05) is 36.4 Å². The smallest absolute Gasteiger partial charge is 0.205 e. The third-order valence-corrected chi connectivity index (χ3v) is 2.85. The van der Waals surface area contributed by atoms with E-state index in [0.717, 1.165) is 10.8 Å². The number of hydrogen-bond donors (Lipinski definition) is 2. The van der Waals surface area contributed by atoms with Gasteiger partial charge in [0.15, 0.2) is 5.11 Å². The first-order valence-corrected chi connectivity index (χ1v) is 6.22. The van der Waals surface area contributed by atoms with Crippen LogP contribution in [0.1, 0.15) is 10.4 Å². The lowest BCUT2D eigenvalue weighted by atomic mass is 10.0. The van der Waals surface area contributed by atoms with Gasteiger partial charge < -0.3 is 11.1 Å². The molecule has 3 N–H and O–H groups in total. The van der Waals surface area contributed by atoms with E-state index in [0.29, 0.717) is 5.56 Å². The Kier molecular flexibility index (Phi) is 4.08. The van der Waals surface area contributed by atoms with Crippen molar-refractivity contribution in [3.8, 4) is 6.07 Å². The second kappa shape index (κ2) is 5.95. The zero-order valence-electron chi connectivity index (χ0n) is 10.5. The van der Waals surface area contributed by atoms with Crippen LogP contribution in [0.3, 0.4) is 0 Å². The van der Waals surface area contributed by atoms with E-state index in [4.69, 9.17) is 11.0 Å². The summed E-state index contributed by atoms with van der Waals surface area (Å²) in [6, 6.07) is 14.8. The van der Waals surface area contributed by atoms with Crippen molar-refractivity contribution in [2.45, 2.75) is 0 Å². The Morgan fingerprint density at radius 2 is 1.95 bits per heavy atom. The van der Waals surface area contributed by atoms with Crippen molar-refractivity contribution in [2.75, 3.05) is 0 Å². The normalized spacial score (nSPS) is 10.8. The van der Waals surface area contributed by atoms with Crippen LogP contribution in [-0.2, 0) is 0 Å². The number of Topliss-reactive ketones (excluding diaryl/α,β-unsaturated/α-hetero) is 1. The number of allylic oxidation sites excluding steroid dienone is 1. The number of hydrogen-bond acceptors (Lipinski definition) is 3. The molecular weight excluding hydrogens is 270 g/mol. The molecule has 20 heavy (non-hydrogen) atoms. The SMILES string of the molecule is N#C/C(=C\NC(N)=S)C(=O)c1ccc2ccccc2c1. The number of benzene rings is 2. The summed E-state index contributed by atoms with van der Waals surface area (Å²) in [6.07, 6.45) is 1.22. The van der Waals surface area contributed by atoms with Gasteiger partial charge in [0.2, 0.25) is 5.78 Å². The summed E-state index contributed by atoms with van der Waals surface area (Å²) >= 11 is 4.63. The molecule has 0 saturated carbocycles. The van der Waals surface area contributed by atoms with Crippen molar-refractivity contribution >= 4 is 33.9 Å². The molecule has 2 aromatic carbocycles. The first-order valence-electron chi connectivity index (χ1n) is 5.81. The van der Waals surface area contributed by atoms with Crippen LogP contribution in [-0.4, -0.2) is 10.9 Å². The van der Waals surface area contributed by atoms with Crippen molar-refractivity contribution < 1.29 is 4.79 Å². The molecule has 0 aliphatic rings. The predicted molar refractivity (Wildman–Crippen MR) is 81.9 cm³/mol. The summed E-state index contributed by atoms with van der Waals surface area (Å²) in [5.41, 5.74) is 5.66. The van der Waals surface area contributed by atoms with Crippen LogP contribution < -0.4 is 11.1 Å². The number of nitrogens with zero attached hydrogens (tertiary/aromatic N) is 1. The van der Waals surface area contributed by atoms with Crippen LogP contribution in [0.2, 0.25) is 0 Å². The van der Waals surface area contributed by atoms with Gasteiger partial charge in [-0.3, -0.25) is 4.79 Å². The molecule has 0 aliphatic carbocycles. The molecule has 2 aromatic rings.